The minimum atomic E-state index is -1.17. The summed E-state index contributed by atoms with van der Waals surface area (Å²) in [6, 6.07) is 0. The van der Waals surface area contributed by atoms with Gasteiger partial charge in [-0.3, -0.25) is 4.90 Å². The monoisotopic (exact) mass is 186 g/mol. The molecule has 0 aromatic heterocycles. The Balaban J connectivity index is 2.73. The van der Waals surface area contributed by atoms with Gasteiger partial charge in [0, 0.05) is 5.92 Å². The Kier molecular flexibility index (Phi) is 3.32. The van der Waals surface area contributed by atoms with Gasteiger partial charge >= 0.3 is 0 Å². The van der Waals surface area contributed by atoms with Gasteiger partial charge in [0.15, 0.2) is 7.98 Å². The van der Waals surface area contributed by atoms with Gasteiger partial charge in [0.2, 0.25) is 0 Å². The fourth-order valence-electron chi connectivity index (χ4n) is 1.86. The van der Waals surface area contributed by atoms with Crippen LogP contribution in [0.4, 0.5) is 4.39 Å². The Bertz CT molecular complexity index is 182. The normalized spacial score (nSPS) is 42.6. The molecule has 0 aromatic rings. The Hall–Kier alpha value is -0.125. The van der Waals surface area contributed by atoms with Gasteiger partial charge in [-0.2, -0.15) is 0 Å². The quantitative estimate of drug-likeness (QED) is 0.459. The third-order valence-electron chi connectivity index (χ3n) is 2.55. The zero-order chi connectivity index (χ0) is 10.2. The van der Waals surface area contributed by atoms with Crippen LogP contribution in [-0.2, 0) is 0 Å². The summed E-state index contributed by atoms with van der Waals surface area (Å²) in [7, 11) is 9.11. The van der Waals surface area contributed by atoms with Crippen LogP contribution in [0.25, 0.3) is 0 Å². The predicted molar refractivity (Wildman–Crippen MR) is 49.8 cm³/mol. The van der Waals surface area contributed by atoms with Crippen molar-refractivity contribution in [2.75, 3.05) is 14.1 Å². The number of alkyl halides is 1. The van der Waals surface area contributed by atoms with E-state index in [1.165, 1.54) is 0 Å². The molecule has 0 aliphatic carbocycles. The fourth-order valence-corrected chi connectivity index (χ4v) is 1.86. The van der Waals surface area contributed by atoms with Crippen LogP contribution >= 0.6 is 0 Å². The molecule has 3 nitrogen and oxygen atoms in total. The molecule has 0 spiro atoms. The average Bonchev–Trinajstić information content (AvgIpc) is 1.99. The number of halogens is 1. The second-order valence-corrected chi connectivity index (χ2v) is 3.98. The number of hydrogen-bond acceptors (Lipinski definition) is 3. The number of aliphatic hydroxyl groups excluding tert-OH is 1. The molecular weight excluding hydrogens is 170 g/mol. The van der Waals surface area contributed by atoms with Gasteiger partial charge in [0.05, 0.1) is 12.3 Å². The van der Waals surface area contributed by atoms with Crippen LogP contribution in [0.5, 0.6) is 0 Å². The summed E-state index contributed by atoms with van der Waals surface area (Å²) in [6.07, 6.45) is -1.72. The molecule has 1 fully saturated rings. The van der Waals surface area contributed by atoms with E-state index in [4.69, 9.17) is 7.98 Å². The van der Waals surface area contributed by atoms with Crippen LogP contribution in [-0.4, -0.2) is 55.5 Å². The Labute approximate surface area is 79.9 Å². The second-order valence-electron chi connectivity index (χ2n) is 3.98. The topological polar surface area (TPSA) is 26.7 Å². The molecule has 5 heteroatoms. The standard InChI is InChI=1S/C8H16BFN2O/c1-5-4-6(13)8(11(2)3)12(9)7(5)10/h5-8,13H,4H2,1-3H3/t5-,6?,7?,8?/m0/s1. The summed E-state index contributed by atoms with van der Waals surface area (Å²) in [4.78, 5) is 2.82. The van der Waals surface area contributed by atoms with Crippen molar-refractivity contribution < 1.29 is 9.50 Å². The van der Waals surface area contributed by atoms with Crippen LogP contribution in [0, 0.1) is 5.92 Å². The second kappa shape index (κ2) is 3.94. The SMILES string of the molecule is [B]N1C(F)[C@@H](C)CC(O)C1N(C)C. The minimum absolute atomic E-state index is 0.212. The molecule has 1 heterocycles. The first-order chi connectivity index (χ1) is 5.95. The van der Waals surface area contributed by atoms with E-state index in [1.54, 1.807) is 25.9 Å². The molecule has 0 bridgehead atoms. The molecule has 0 saturated carbocycles. The summed E-state index contributed by atoms with van der Waals surface area (Å²) in [6.45, 7) is 1.75. The molecule has 1 aliphatic heterocycles. The van der Waals surface area contributed by atoms with E-state index in [9.17, 15) is 9.50 Å². The van der Waals surface area contributed by atoms with Crippen molar-refractivity contribution in [2.24, 2.45) is 5.92 Å². The first kappa shape index (κ1) is 11.0. The highest BCUT2D eigenvalue weighted by molar-refractivity contribution is 6.04. The third-order valence-corrected chi connectivity index (χ3v) is 2.55. The smallest absolute Gasteiger partial charge is 0.188 e. The zero-order valence-corrected chi connectivity index (χ0v) is 8.31. The van der Waals surface area contributed by atoms with Crippen molar-refractivity contribution in [3.05, 3.63) is 0 Å². The fraction of sp³-hybridized carbons (Fsp3) is 1.00. The first-order valence-corrected chi connectivity index (χ1v) is 4.46. The van der Waals surface area contributed by atoms with Crippen molar-refractivity contribution in [2.45, 2.75) is 31.9 Å². The van der Waals surface area contributed by atoms with Gasteiger partial charge in [0.25, 0.3) is 0 Å². The maximum Gasteiger partial charge on any atom is 0.188 e. The zero-order valence-electron chi connectivity index (χ0n) is 8.31. The van der Waals surface area contributed by atoms with E-state index in [0.717, 1.165) is 4.81 Å². The molecule has 4 atom stereocenters. The first-order valence-electron chi connectivity index (χ1n) is 4.46. The molecular formula is C8H16BFN2O. The van der Waals surface area contributed by atoms with Crippen LogP contribution in [0.2, 0.25) is 0 Å². The molecule has 74 valence electrons. The molecule has 1 saturated heterocycles. The van der Waals surface area contributed by atoms with Gasteiger partial charge in [-0.1, -0.05) is 6.92 Å². The predicted octanol–water partition coefficient (Wildman–Crippen LogP) is -0.0441. The van der Waals surface area contributed by atoms with E-state index in [2.05, 4.69) is 0 Å². The van der Waals surface area contributed by atoms with Crippen LogP contribution in [0.15, 0.2) is 0 Å². The van der Waals surface area contributed by atoms with Gasteiger partial charge < -0.3 is 9.92 Å². The average molecular weight is 186 g/mol. The Morgan fingerprint density at radius 3 is 2.54 bits per heavy atom. The summed E-state index contributed by atoms with van der Waals surface area (Å²) >= 11 is 0. The molecule has 0 amide bonds. The molecule has 0 aromatic carbocycles. The van der Waals surface area contributed by atoms with Crippen LogP contribution < -0.4 is 0 Å². The van der Waals surface area contributed by atoms with E-state index < -0.39 is 18.6 Å². The largest absolute Gasteiger partial charge is 0.390 e. The summed E-state index contributed by atoms with van der Waals surface area (Å²) in [5.74, 6) is -0.212. The lowest BCUT2D eigenvalue weighted by Crippen LogP contribution is -2.59. The van der Waals surface area contributed by atoms with Gasteiger partial charge in [-0.15, -0.1) is 0 Å². The lowest BCUT2D eigenvalue weighted by atomic mass is 9.91. The molecule has 1 N–H and O–H groups in total. The minimum Gasteiger partial charge on any atom is -0.390 e. The van der Waals surface area contributed by atoms with E-state index >= 15 is 0 Å². The van der Waals surface area contributed by atoms with Gasteiger partial charge in [0.1, 0.15) is 6.30 Å². The van der Waals surface area contributed by atoms with Gasteiger partial charge in [-0.25, -0.2) is 4.39 Å². The van der Waals surface area contributed by atoms with Crippen molar-refractivity contribution >= 4 is 7.98 Å². The lowest BCUT2D eigenvalue weighted by molar-refractivity contribution is -0.0949. The number of hydrogen-bond donors (Lipinski definition) is 1. The van der Waals surface area contributed by atoms with Crippen LogP contribution in [0.1, 0.15) is 13.3 Å². The van der Waals surface area contributed by atoms with E-state index in [-0.39, 0.29) is 5.92 Å². The van der Waals surface area contributed by atoms with Crippen LogP contribution in [0.3, 0.4) is 0 Å². The summed E-state index contributed by atoms with van der Waals surface area (Å²) in [5, 5.41) is 9.67. The highest BCUT2D eigenvalue weighted by Gasteiger charge is 2.38. The molecule has 13 heavy (non-hydrogen) atoms. The number of nitrogens with zero attached hydrogens (tertiary/aromatic N) is 2. The van der Waals surface area contributed by atoms with E-state index in [0.29, 0.717) is 6.42 Å². The lowest BCUT2D eigenvalue weighted by Gasteiger charge is -2.45. The summed E-state index contributed by atoms with van der Waals surface area (Å²) in [5.41, 5.74) is 0. The summed E-state index contributed by atoms with van der Waals surface area (Å²) < 4.78 is 13.4. The number of piperidine rings is 1. The van der Waals surface area contributed by atoms with E-state index in [1.807, 2.05) is 0 Å². The third kappa shape index (κ3) is 2.03. The number of rotatable bonds is 1. The van der Waals surface area contributed by atoms with Gasteiger partial charge in [-0.05, 0) is 20.5 Å². The van der Waals surface area contributed by atoms with Crippen molar-refractivity contribution in [3.8, 4) is 0 Å². The van der Waals surface area contributed by atoms with Crippen molar-refractivity contribution in [1.29, 1.82) is 0 Å². The highest BCUT2D eigenvalue weighted by Crippen LogP contribution is 2.28. The van der Waals surface area contributed by atoms with Crippen molar-refractivity contribution in [3.63, 3.8) is 0 Å². The highest BCUT2D eigenvalue weighted by atomic mass is 19.1. The molecule has 1 rings (SSSR count). The number of likely N-dealkylation sites (N-methyl/N-ethyl adjacent to an activating group) is 1. The molecule has 1 aliphatic rings. The molecule has 3 unspecified atom stereocenters. The Morgan fingerprint density at radius 1 is 1.54 bits per heavy atom. The maximum atomic E-state index is 13.4. The number of aliphatic hydroxyl groups is 1. The molecule has 2 radical (unpaired) electrons. The maximum absolute atomic E-state index is 13.4. The Morgan fingerprint density at radius 2 is 2.08 bits per heavy atom. The van der Waals surface area contributed by atoms with Crippen molar-refractivity contribution in [1.82, 2.24) is 9.71 Å².